The number of hydrogen-bond donors (Lipinski definition) is 2. The van der Waals surface area contributed by atoms with E-state index in [2.05, 4.69) is 10.6 Å². The van der Waals surface area contributed by atoms with Gasteiger partial charge in [-0.1, -0.05) is 17.7 Å². The fraction of sp³-hybridized carbons (Fsp3) is 0.308. The molecule has 0 bridgehead atoms. The number of halogens is 1. The summed E-state index contributed by atoms with van der Waals surface area (Å²) in [7, 11) is 0. The van der Waals surface area contributed by atoms with Crippen molar-refractivity contribution in [2.45, 2.75) is 12.5 Å². The number of fused-ring (bicyclic) bond motifs is 1. The van der Waals surface area contributed by atoms with E-state index < -0.39 is 0 Å². The molecule has 0 saturated carbocycles. The molecule has 2 aromatic rings. The van der Waals surface area contributed by atoms with Crippen LogP contribution in [0.5, 0.6) is 0 Å². The fourth-order valence-electron chi connectivity index (χ4n) is 2.17. The van der Waals surface area contributed by atoms with Crippen molar-refractivity contribution < 1.29 is 4.79 Å². The molecule has 2 heterocycles. The van der Waals surface area contributed by atoms with Gasteiger partial charge in [0.1, 0.15) is 0 Å². The molecule has 1 saturated heterocycles. The third-order valence-electron chi connectivity index (χ3n) is 3.13. The Morgan fingerprint density at radius 1 is 1.50 bits per heavy atom. The summed E-state index contributed by atoms with van der Waals surface area (Å²) in [5, 5.41) is 7.93. The van der Waals surface area contributed by atoms with Gasteiger partial charge in [-0.25, -0.2) is 0 Å². The number of carbonyl (C=O) groups excluding carboxylic acids is 1. The summed E-state index contributed by atoms with van der Waals surface area (Å²) < 4.78 is 1.05. The number of benzene rings is 1. The maximum absolute atomic E-state index is 12.1. The lowest BCUT2D eigenvalue weighted by Gasteiger charge is -2.09. The molecular weight excluding hydrogens is 268 g/mol. The first kappa shape index (κ1) is 12.0. The predicted molar refractivity (Wildman–Crippen MR) is 75.6 cm³/mol. The zero-order chi connectivity index (χ0) is 12.5. The molecule has 0 aliphatic carbocycles. The molecule has 0 radical (unpaired) electrons. The molecule has 1 aliphatic heterocycles. The van der Waals surface area contributed by atoms with Gasteiger partial charge in [0, 0.05) is 27.7 Å². The number of nitrogens with one attached hydrogen (secondary N) is 2. The van der Waals surface area contributed by atoms with Crippen molar-refractivity contribution in [1.29, 1.82) is 0 Å². The minimum atomic E-state index is 0.000895. The van der Waals surface area contributed by atoms with E-state index in [-0.39, 0.29) is 11.9 Å². The van der Waals surface area contributed by atoms with Gasteiger partial charge in [-0.3, -0.25) is 4.79 Å². The van der Waals surface area contributed by atoms with Gasteiger partial charge in [-0.15, -0.1) is 11.3 Å². The van der Waals surface area contributed by atoms with Crippen LogP contribution in [0, 0.1) is 0 Å². The van der Waals surface area contributed by atoms with Crippen LogP contribution in [-0.4, -0.2) is 25.0 Å². The summed E-state index contributed by atoms with van der Waals surface area (Å²) in [6.07, 6.45) is 0.997. The van der Waals surface area contributed by atoms with Crippen molar-refractivity contribution in [3.8, 4) is 0 Å². The second-order valence-corrected chi connectivity index (χ2v) is 5.92. The molecule has 5 heteroatoms. The molecule has 1 fully saturated rings. The summed E-state index contributed by atoms with van der Waals surface area (Å²) >= 11 is 7.60. The Labute approximate surface area is 114 Å². The third kappa shape index (κ3) is 2.23. The molecule has 1 amide bonds. The maximum atomic E-state index is 12.1. The van der Waals surface area contributed by atoms with Crippen molar-refractivity contribution in [2.75, 3.05) is 13.1 Å². The third-order valence-corrected chi connectivity index (χ3v) is 4.56. The lowest BCUT2D eigenvalue weighted by molar-refractivity contribution is 0.0944. The summed E-state index contributed by atoms with van der Waals surface area (Å²) in [6.45, 7) is 1.83. The van der Waals surface area contributed by atoms with Crippen LogP contribution in [0.25, 0.3) is 10.1 Å². The lowest BCUT2D eigenvalue weighted by atomic mass is 10.2. The molecule has 1 aromatic carbocycles. The van der Waals surface area contributed by atoms with E-state index in [0.29, 0.717) is 5.02 Å². The molecule has 1 atom stereocenters. The largest absolute Gasteiger partial charge is 0.347 e. The van der Waals surface area contributed by atoms with Gasteiger partial charge in [0.25, 0.3) is 5.91 Å². The Morgan fingerprint density at radius 3 is 3.11 bits per heavy atom. The van der Waals surface area contributed by atoms with Crippen molar-refractivity contribution in [1.82, 2.24) is 10.6 Å². The zero-order valence-corrected chi connectivity index (χ0v) is 11.3. The first-order valence-corrected chi connectivity index (χ1v) is 7.13. The molecule has 1 aromatic heterocycles. The number of rotatable bonds is 2. The Bertz CT molecular complexity index is 590. The Kier molecular flexibility index (Phi) is 3.24. The van der Waals surface area contributed by atoms with Crippen molar-refractivity contribution in [3.05, 3.63) is 34.2 Å². The van der Waals surface area contributed by atoms with Gasteiger partial charge < -0.3 is 10.6 Å². The van der Waals surface area contributed by atoms with Crippen LogP contribution in [0.1, 0.15) is 16.1 Å². The highest BCUT2D eigenvalue weighted by atomic mass is 35.5. The summed E-state index contributed by atoms with van der Waals surface area (Å²) in [5.41, 5.74) is 0. The molecule has 0 spiro atoms. The van der Waals surface area contributed by atoms with E-state index in [0.717, 1.165) is 34.5 Å². The summed E-state index contributed by atoms with van der Waals surface area (Å²) in [4.78, 5) is 12.8. The van der Waals surface area contributed by atoms with Crippen LogP contribution < -0.4 is 10.6 Å². The number of amides is 1. The molecule has 3 rings (SSSR count). The second-order valence-electron chi connectivity index (χ2n) is 4.43. The van der Waals surface area contributed by atoms with Gasteiger partial charge in [0.05, 0.1) is 4.88 Å². The fourth-order valence-corrected chi connectivity index (χ4v) is 3.45. The Hall–Kier alpha value is -1.10. The standard InChI is InChI=1S/C13H13ClN2OS/c14-10-2-1-3-11-9(10)6-12(18-11)13(17)16-8-4-5-15-7-8/h1-3,6,8,15H,4-5,7H2,(H,16,17)/t8-/m1/s1. The quantitative estimate of drug-likeness (QED) is 0.888. The topological polar surface area (TPSA) is 41.1 Å². The van der Waals surface area contributed by atoms with Crippen LogP contribution in [0.15, 0.2) is 24.3 Å². The van der Waals surface area contributed by atoms with Crippen LogP contribution >= 0.6 is 22.9 Å². The highest BCUT2D eigenvalue weighted by Gasteiger charge is 2.19. The van der Waals surface area contributed by atoms with E-state index in [1.54, 1.807) is 0 Å². The SMILES string of the molecule is O=C(N[C@@H]1CCNC1)c1cc2c(Cl)cccc2s1. The van der Waals surface area contributed by atoms with Gasteiger partial charge in [0.2, 0.25) is 0 Å². The molecule has 3 nitrogen and oxygen atoms in total. The van der Waals surface area contributed by atoms with Crippen LogP contribution in [0.3, 0.4) is 0 Å². The van der Waals surface area contributed by atoms with Crippen LogP contribution in [-0.2, 0) is 0 Å². The maximum Gasteiger partial charge on any atom is 0.261 e. The van der Waals surface area contributed by atoms with E-state index >= 15 is 0 Å². The lowest BCUT2D eigenvalue weighted by Crippen LogP contribution is -2.35. The molecule has 94 valence electrons. The molecule has 1 aliphatic rings. The van der Waals surface area contributed by atoms with E-state index in [9.17, 15) is 4.79 Å². The highest BCUT2D eigenvalue weighted by Crippen LogP contribution is 2.31. The summed E-state index contributed by atoms with van der Waals surface area (Å²) in [6, 6.07) is 7.86. The van der Waals surface area contributed by atoms with Gasteiger partial charge in [-0.05, 0) is 31.2 Å². The zero-order valence-electron chi connectivity index (χ0n) is 9.70. The smallest absolute Gasteiger partial charge is 0.261 e. The predicted octanol–water partition coefficient (Wildman–Crippen LogP) is 2.65. The first-order valence-electron chi connectivity index (χ1n) is 5.94. The van der Waals surface area contributed by atoms with Crippen molar-refractivity contribution in [3.63, 3.8) is 0 Å². The number of hydrogen-bond acceptors (Lipinski definition) is 3. The van der Waals surface area contributed by atoms with Crippen LogP contribution in [0.4, 0.5) is 0 Å². The normalized spacial score (nSPS) is 19.3. The molecule has 0 unspecified atom stereocenters. The highest BCUT2D eigenvalue weighted by molar-refractivity contribution is 7.20. The average Bonchev–Trinajstić information content (AvgIpc) is 2.97. The van der Waals surface area contributed by atoms with Gasteiger partial charge in [0.15, 0.2) is 0 Å². The average molecular weight is 281 g/mol. The van der Waals surface area contributed by atoms with Gasteiger partial charge >= 0.3 is 0 Å². The van der Waals surface area contributed by atoms with Crippen LogP contribution in [0.2, 0.25) is 5.02 Å². The monoisotopic (exact) mass is 280 g/mol. The molecular formula is C13H13ClN2OS. The van der Waals surface area contributed by atoms with E-state index in [4.69, 9.17) is 11.6 Å². The van der Waals surface area contributed by atoms with E-state index in [1.165, 1.54) is 11.3 Å². The number of thiophene rings is 1. The van der Waals surface area contributed by atoms with Gasteiger partial charge in [-0.2, -0.15) is 0 Å². The first-order chi connectivity index (χ1) is 8.74. The summed E-state index contributed by atoms with van der Waals surface area (Å²) in [5.74, 6) is 0.000895. The molecule has 2 N–H and O–H groups in total. The Balaban J connectivity index is 1.85. The minimum absolute atomic E-state index is 0.000895. The van der Waals surface area contributed by atoms with E-state index in [1.807, 2.05) is 24.3 Å². The van der Waals surface area contributed by atoms with Crippen molar-refractivity contribution in [2.24, 2.45) is 0 Å². The Morgan fingerprint density at radius 2 is 2.39 bits per heavy atom. The number of carbonyl (C=O) groups is 1. The minimum Gasteiger partial charge on any atom is -0.347 e. The van der Waals surface area contributed by atoms with Crippen molar-refractivity contribution >= 4 is 38.9 Å². The second kappa shape index (κ2) is 4.88. The molecule has 18 heavy (non-hydrogen) atoms.